The molecule has 3 aromatic rings. The van der Waals surface area contributed by atoms with Crippen molar-refractivity contribution in [3.63, 3.8) is 0 Å². The van der Waals surface area contributed by atoms with E-state index in [9.17, 15) is 23.7 Å². The van der Waals surface area contributed by atoms with E-state index in [1.54, 1.807) is 36.4 Å². The van der Waals surface area contributed by atoms with Crippen molar-refractivity contribution >= 4 is 28.6 Å². The van der Waals surface area contributed by atoms with Crippen LogP contribution in [-0.4, -0.2) is 26.3 Å². The van der Waals surface area contributed by atoms with Gasteiger partial charge in [-0.15, -0.1) is 0 Å². The highest BCUT2D eigenvalue weighted by molar-refractivity contribution is 6.15. The van der Waals surface area contributed by atoms with Gasteiger partial charge >= 0.3 is 0 Å². The number of fused-ring (bicyclic) bond motifs is 1. The molecule has 0 fully saturated rings. The smallest absolute Gasteiger partial charge is 0.255 e. The van der Waals surface area contributed by atoms with Crippen LogP contribution in [0, 0.1) is 27.7 Å². The van der Waals surface area contributed by atoms with E-state index in [1.807, 2.05) is 0 Å². The summed E-state index contributed by atoms with van der Waals surface area (Å²) in [7, 11) is 0. The second kappa shape index (κ2) is 8.01. The van der Waals surface area contributed by atoms with Crippen molar-refractivity contribution in [1.29, 1.82) is 0 Å². The lowest BCUT2D eigenvalue weighted by atomic mass is 9.76. The molecule has 1 aliphatic carbocycles. The zero-order valence-electron chi connectivity index (χ0n) is 17.1. The monoisotopic (exact) mass is 446 g/mol. The molecule has 0 N–H and O–H groups in total. The van der Waals surface area contributed by atoms with Gasteiger partial charge in [-0.1, -0.05) is 30.3 Å². The summed E-state index contributed by atoms with van der Waals surface area (Å²) < 4.78 is 29.6. The molecule has 0 spiro atoms. The number of carbonyl (C=O) groups is 1. The molecule has 0 amide bonds. The average molecular weight is 446 g/mol. The molecule has 33 heavy (non-hydrogen) atoms. The number of nitro groups is 1. The fourth-order valence-corrected chi connectivity index (χ4v) is 4.38. The van der Waals surface area contributed by atoms with Crippen molar-refractivity contribution in [3.05, 3.63) is 105 Å². The van der Waals surface area contributed by atoms with Gasteiger partial charge in [0, 0.05) is 23.4 Å². The summed E-state index contributed by atoms with van der Waals surface area (Å²) in [5.74, 6) is -2.58. The summed E-state index contributed by atoms with van der Waals surface area (Å²) in [5, 5.41) is 16.0. The van der Waals surface area contributed by atoms with Gasteiger partial charge in [-0.2, -0.15) is 9.78 Å². The third kappa shape index (κ3) is 3.57. The minimum absolute atomic E-state index is 0.0682. The van der Waals surface area contributed by atoms with Crippen LogP contribution < -0.4 is 0 Å². The fourth-order valence-electron chi connectivity index (χ4n) is 4.38. The van der Waals surface area contributed by atoms with Gasteiger partial charge in [-0.25, -0.2) is 13.8 Å². The molecule has 164 valence electrons. The maximum Gasteiger partial charge on any atom is 0.255 e. The first-order chi connectivity index (χ1) is 15.9. The highest BCUT2D eigenvalue weighted by atomic mass is 19.1. The van der Waals surface area contributed by atoms with Crippen LogP contribution in [0.1, 0.15) is 28.8 Å². The molecule has 1 aromatic heterocycles. The van der Waals surface area contributed by atoms with Crippen LogP contribution in [-0.2, 0) is 0 Å². The van der Waals surface area contributed by atoms with Gasteiger partial charge in [0.25, 0.3) is 11.6 Å². The van der Waals surface area contributed by atoms with Crippen LogP contribution in [0.2, 0.25) is 0 Å². The highest BCUT2D eigenvalue weighted by Crippen LogP contribution is 2.44. The van der Waals surface area contributed by atoms with Crippen molar-refractivity contribution in [1.82, 2.24) is 9.78 Å². The fraction of sp³-hybridized carbons (Fsp3) is 0.125. The quantitative estimate of drug-likeness (QED) is 0.413. The molecule has 1 unspecified atom stereocenters. The number of hydrogen-bond acceptors (Lipinski definition) is 5. The summed E-state index contributed by atoms with van der Waals surface area (Å²) in [5.41, 5.74) is 1.85. The first-order valence-corrected chi connectivity index (χ1v) is 10.2. The predicted octanol–water partition coefficient (Wildman–Crippen LogP) is 5.07. The topological polar surface area (TPSA) is 90.4 Å². The molecule has 2 heterocycles. The Hall–Kier alpha value is -4.27. The van der Waals surface area contributed by atoms with Crippen molar-refractivity contribution in [2.45, 2.75) is 12.8 Å². The zero-order valence-corrected chi connectivity index (χ0v) is 17.1. The van der Waals surface area contributed by atoms with Crippen LogP contribution in [0.25, 0.3) is 11.1 Å². The first-order valence-electron chi connectivity index (χ1n) is 10.2. The van der Waals surface area contributed by atoms with Crippen molar-refractivity contribution in [2.24, 2.45) is 10.9 Å². The van der Waals surface area contributed by atoms with Gasteiger partial charge in [0.2, 0.25) is 0 Å². The Morgan fingerprint density at radius 3 is 2.61 bits per heavy atom. The molecule has 2 aromatic carbocycles. The SMILES string of the molecule is O=C1CC(C2C([N+](=O)[O-])=CCC(c3ccc(F)cc3F)=C2c2ccccc2)=Nc2ccnn21. The molecule has 0 radical (unpaired) electrons. The van der Waals surface area contributed by atoms with Crippen molar-refractivity contribution in [3.8, 4) is 0 Å². The van der Waals surface area contributed by atoms with Gasteiger partial charge < -0.3 is 0 Å². The Labute approximate surface area is 186 Å². The maximum absolute atomic E-state index is 14.8. The number of aliphatic imine (C=N–C) groups is 1. The van der Waals surface area contributed by atoms with E-state index in [1.165, 1.54) is 18.3 Å². The standard InChI is InChI=1S/C24H16F2N4O3/c25-15-6-7-16(18(26)12-15)17-8-9-20(30(32)33)24(23(17)14-4-2-1-3-5-14)19-13-22(31)29-21(28-19)10-11-27-29/h1-7,9-12,24H,8,13H2. The number of aromatic nitrogens is 2. The minimum Gasteiger partial charge on any atom is -0.272 e. The molecular formula is C24H16F2N4O3. The van der Waals surface area contributed by atoms with E-state index >= 15 is 0 Å². The Morgan fingerprint density at radius 1 is 1.09 bits per heavy atom. The number of benzene rings is 2. The lowest BCUT2D eigenvalue weighted by molar-refractivity contribution is -0.429. The number of allylic oxidation sites excluding steroid dienone is 3. The van der Waals surface area contributed by atoms with Gasteiger partial charge in [-0.05, 0) is 41.3 Å². The van der Waals surface area contributed by atoms with Crippen LogP contribution in [0.4, 0.5) is 14.6 Å². The molecule has 0 saturated carbocycles. The van der Waals surface area contributed by atoms with E-state index in [4.69, 9.17) is 0 Å². The van der Waals surface area contributed by atoms with E-state index in [-0.39, 0.29) is 41.5 Å². The van der Waals surface area contributed by atoms with Crippen LogP contribution in [0.3, 0.4) is 0 Å². The number of halogens is 2. The van der Waals surface area contributed by atoms with Crippen LogP contribution in [0.5, 0.6) is 0 Å². The number of nitrogens with zero attached hydrogens (tertiary/aromatic N) is 4. The Morgan fingerprint density at radius 2 is 1.88 bits per heavy atom. The number of rotatable bonds is 4. The predicted molar refractivity (Wildman–Crippen MR) is 117 cm³/mol. The van der Waals surface area contributed by atoms with Gasteiger partial charge in [0.15, 0.2) is 5.82 Å². The van der Waals surface area contributed by atoms with Gasteiger partial charge in [0.05, 0.1) is 17.5 Å². The number of hydrogen-bond donors (Lipinski definition) is 0. The summed E-state index contributed by atoms with van der Waals surface area (Å²) >= 11 is 0. The largest absolute Gasteiger partial charge is 0.272 e. The van der Waals surface area contributed by atoms with Crippen molar-refractivity contribution < 1.29 is 18.5 Å². The second-order valence-corrected chi connectivity index (χ2v) is 7.68. The molecule has 5 rings (SSSR count). The molecule has 7 nitrogen and oxygen atoms in total. The second-order valence-electron chi connectivity index (χ2n) is 7.68. The van der Waals surface area contributed by atoms with E-state index < -0.39 is 22.5 Å². The van der Waals surface area contributed by atoms with E-state index in [0.29, 0.717) is 16.7 Å². The summed E-state index contributed by atoms with van der Waals surface area (Å²) in [6, 6.07) is 13.7. The average Bonchev–Trinajstić information content (AvgIpc) is 3.28. The lowest BCUT2D eigenvalue weighted by Gasteiger charge is -2.28. The molecule has 0 saturated heterocycles. The Bertz CT molecular complexity index is 1390. The molecule has 0 bridgehead atoms. The summed E-state index contributed by atoms with van der Waals surface area (Å²) in [4.78, 5) is 28.7. The Balaban J connectivity index is 1.79. The van der Waals surface area contributed by atoms with Gasteiger partial charge in [-0.3, -0.25) is 14.9 Å². The van der Waals surface area contributed by atoms with Crippen molar-refractivity contribution in [2.75, 3.05) is 0 Å². The minimum atomic E-state index is -0.997. The van der Waals surface area contributed by atoms with E-state index in [0.717, 1.165) is 16.8 Å². The highest BCUT2D eigenvalue weighted by Gasteiger charge is 2.40. The Kier molecular flexibility index (Phi) is 5.01. The molecule has 1 atom stereocenters. The normalized spacial score (nSPS) is 18.0. The van der Waals surface area contributed by atoms with Gasteiger partial charge in [0.1, 0.15) is 17.6 Å². The summed E-state index contributed by atoms with van der Waals surface area (Å²) in [6.45, 7) is 0. The third-order valence-corrected chi connectivity index (χ3v) is 5.76. The zero-order chi connectivity index (χ0) is 23.1. The molecular weight excluding hydrogens is 430 g/mol. The molecule has 9 heteroatoms. The lowest BCUT2D eigenvalue weighted by Crippen LogP contribution is -2.31. The molecule has 1 aliphatic heterocycles. The number of carbonyl (C=O) groups excluding carboxylic acids is 1. The van der Waals surface area contributed by atoms with Crippen LogP contribution in [0.15, 0.2) is 77.6 Å². The van der Waals surface area contributed by atoms with Crippen LogP contribution >= 0.6 is 0 Å². The first kappa shape index (κ1) is 20.6. The third-order valence-electron chi connectivity index (χ3n) is 5.76. The molecule has 2 aliphatic rings. The van der Waals surface area contributed by atoms with E-state index in [2.05, 4.69) is 10.1 Å². The summed E-state index contributed by atoms with van der Waals surface area (Å²) in [6.07, 6.45) is 2.73. The maximum atomic E-state index is 14.8.